The minimum absolute atomic E-state index is 0.153. The van der Waals surface area contributed by atoms with Gasteiger partial charge >= 0.3 is 0 Å². The van der Waals surface area contributed by atoms with E-state index in [-0.39, 0.29) is 17.3 Å². The standard InChI is InChI=1S/C25H28ClFN4O2/c1-2-3-6-11-31-24(32)21-8-5-4-7-20(21)23(28-31)25(33)30-14-12-29(13-15-30)17-18-9-10-19(27)16-22(18)26/h4-5,7-10,16H,2-3,6,11-15,17H2,1H3. The van der Waals surface area contributed by atoms with E-state index in [9.17, 15) is 14.0 Å². The van der Waals surface area contributed by atoms with Crippen LogP contribution in [0.25, 0.3) is 10.8 Å². The summed E-state index contributed by atoms with van der Waals surface area (Å²) in [6.07, 6.45) is 2.89. The molecule has 174 valence electrons. The summed E-state index contributed by atoms with van der Waals surface area (Å²) in [6, 6.07) is 11.6. The second-order valence-electron chi connectivity index (χ2n) is 8.43. The Balaban J connectivity index is 1.50. The number of fused-ring (bicyclic) bond motifs is 1. The molecule has 1 aliphatic rings. The van der Waals surface area contributed by atoms with Crippen LogP contribution in [-0.4, -0.2) is 51.7 Å². The van der Waals surface area contributed by atoms with Crippen molar-refractivity contribution in [1.82, 2.24) is 19.6 Å². The number of aryl methyl sites for hydroxylation is 1. The van der Waals surface area contributed by atoms with Crippen molar-refractivity contribution in [3.05, 3.63) is 74.9 Å². The van der Waals surface area contributed by atoms with Crippen molar-refractivity contribution < 1.29 is 9.18 Å². The Hall–Kier alpha value is -2.77. The van der Waals surface area contributed by atoms with Gasteiger partial charge in [0, 0.05) is 49.7 Å². The van der Waals surface area contributed by atoms with Gasteiger partial charge in [-0.2, -0.15) is 5.10 Å². The van der Waals surface area contributed by atoms with E-state index in [1.807, 2.05) is 12.1 Å². The molecule has 1 saturated heterocycles. The zero-order chi connectivity index (χ0) is 23.4. The average molecular weight is 471 g/mol. The van der Waals surface area contributed by atoms with E-state index in [1.165, 1.54) is 16.8 Å². The number of piperazine rings is 1. The zero-order valence-corrected chi connectivity index (χ0v) is 19.5. The summed E-state index contributed by atoms with van der Waals surface area (Å²) in [7, 11) is 0. The first-order valence-corrected chi connectivity index (χ1v) is 11.8. The molecule has 4 rings (SSSR count). The predicted molar refractivity (Wildman–Crippen MR) is 128 cm³/mol. The lowest BCUT2D eigenvalue weighted by Crippen LogP contribution is -2.48. The van der Waals surface area contributed by atoms with Crippen molar-refractivity contribution in [2.45, 2.75) is 39.3 Å². The molecule has 0 aliphatic carbocycles. The molecule has 1 aliphatic heterocycles. The molecule has 0 unspecified atom stereocenters. The van der Waals surface area contributed by atoms with Crippen molar-refractivity contribution in [3.63, 3.8) is 0 Å². The van der Waals surface area contributed by atoms with Crippen LogP contribution in [0.5, 0.6) is 0 Å². The quantitative estimate of drug-likeness (QED) is 0.482. The van der Waals surface area contributed by atoms with Gasteiger partial charge in [0.05, 0.1) is 5.39 Å². The van der Waals surface area contributed by atoms with Gasteiger partial charge in [-0.15, -0.1) is 0 Å². The van der Waals surface area contributed by atoms with Crippen LogP contribution in [0.2, 0.25) is 5.02 Å². The van der Waals surface area contributed by atoms with Crippen LogP contribution in [0, 0.1) is 5.82 Å². The third kappa shape index (κ3) is 5.25. The van der Waals surface area contributed by atoms with Gasteiger partial charge < -0.3 is 4.90 Å². The number of unbranched alkanes of at least 4 members (excludes halogenated alkanes) is 2. The lowest BCUT2D eigenvalue weighted by atomic mass is 10.1. The fraction of sp³-hybridized carbons (Fsp3) is 0.400. The molecular formula is C25H28ClFN4O2. The first-order chi connectivity index (χ1) is 16.0. The first-order valence-electron chi connectivity index (χ1n) is 11.4. The second kappa shape index (κ2) is 10.4. The van der Waals surface area contributed by atoms with Gasteiger partial charge in [-0.1, -0.05) is 55.6 Å². The monoisotopic (exact) mass is 470 g/mol. The van der Waals surface area contributed by atoms with E-state index in [2.05, 4.69) is 16.9 Å². The molecule has 0 spiro atoms. The van der Waals surface area contributed by atoms with E-state index >= 15 is 0 Å². The molecule has 1 aromatic heterocycles. The van der Waals surface area contributed by atoms with Gasteiger partial charge in [0.25, 0.3) is 11.5 Å². The largest absolute Gasteiger partial charge is 0.335 e. The Labute approximate surface area is 197 Å². The molecule has 0 saturated carbocycles. The van der Waals surface area contributed by atoms with Crippen molar-refractivity contribution in [3.8, 4) is 0 Å². The molecule has 8 heteroatoms. The SMILES string of the molecule is CCCCCn1nc(C(=O)N2CCN(Cc3ccc(F)cc3Cl)CC2)c2ccccc2c1=O. The van der Waals surface area contributed by atoms with Crippen LogP contribution in [0.4, 0.5) is 4.39 Å². The highest BCUT2D eigenvalue weighted by atomic mass is 35.5. The fourth-order valence-electron chi connectivity index (χ4n) is 4.21. The number of amides is 1. The van der Waals surface area contributed by atoms with E-state index in [0.29, 0.717) is 60.8 Å². The van der Waals surface area contributed by atoms with Crippen molar-refractivity contribution in [2.24, 2.45) is 0 Å². The van der Waals surface area contributed by atoms with Gasteiger partial charge in [-0.05, 0) is 30.2 Å². The van der Waals surface area contributed by atoms with E-state index in [1.54, 1.807) is 23.1 Å². The number of halogens is 2. The minimum atomic E-state index is -0.352. The molecule has 0 atom stereocenters. The van der Waals surface area contributed by atoms with Crippen molar-refractivity contribution >= 4 is 28.3 Å². The molecule has 2 heterocycles. The molecule has 2 aromatic carbocycles. The summed E-state index contributed by atoms with van der Waals surface area (Å²) in [5.41, 5.74) is 1.04. The fourth-order valence-corrected chi connectivity index (χ4v) is 4.43. The smallest absolute Gasteiger partial charge is 0.275 e. The second-order valence-corrected chi connectivity index (χ2v) is 8.84. The molecule has 0 radical (unpaired) electrons. The average Bonchev–Trinajstić information content (AvgIpc) is 2.82. The highest BCUT2D eigenvalue weighted by molar-refractivity contribution is 6.31. The van der Waals surface area contributed by atoms with Crippen LogP contribution >= 0.6 is 11.6 Å². The summed E-state index contributed by atoms with van der Waals surface area (Å²) >= 11 is 6.17. The van der Waals surface area contributed by atoms with Crippen LogP contribution in [0.15, 0.2) is 47.3 Å². The Bertz CT molecular complexity index is 1200. The maximum Gasteiger partial charge on any atom is 0.275 e. The van der Waals surface area contributed by atoms with Crippen molar-refractivity contribution in [1.29, 1.82) is 0 Å². The lowest BCUT2D eigenvalue weighted by Gasteiger charge is -2.34. The zero-order valence-electron chi connectivity index (χ0n) is 18.8. The summed E-state index contributed by atoms with van der Waals surface area (Å²) in [6.45, 7) is 5.65. The summed E-state index contributed by atoms with van der Waals surface area (Å²) in [5.74, 6) is -0.509. The maximum absolute atomic E-state index is 13.4. The van der Waals surface area contributed by atoms with Gasteiger partial charge in [0.15, 0.2) is 5.69 Å². The third-order valence-corrected chi connectivity index (χ3v) is 6.46. The number of rotatable bonds is 7. The Morgan fingerprint density at radius 2 is 1.79 bits per heavy atom. The number of hydrogen-bond donors (Lipinski definition) is 0. The highest BCUT2D eigenvalue weighted by Crippen LogP contribution is 2.21. The predicted octanol–water partition coefficient (Wildman–Crippen LogP) is 4.34. The van der Waals surface area contributed by atoms with Gasteiger partial charge in [0.1, 0.15) is 5.82 Å². The number of carbonyl (C=O) groups excluding carboxylic acids is 1. The maximum atomic E-state index is 13.4. The number of nitrogens with zero attached hydrogens (tertiary/aromatic N) is 4. The summed E-state index contributed by atoms with van der Waals surface area (Å²) in [5, 5.41) is 6.03. The van der Waals surface area contributed by atoms with E-state index < -0.39 is 0 Å². The molecule has 0 N–H and O–H groups in total. The van der Waals surface area contributed by atoms with E-state index in [4.69, 9.17) is 11.6 Å². The Morgan fingerprint density at radius 1 is 1.06 bits per heavy atom. The number of carbonyl (C=O) groups is 1. The van der Waals surface area contributed by atoms with Crippen LogP contribution in [-0.2, 0) is 13.1 Å². The number of hydrogen-bond acceptors (Lipinski definition) is 4. The van der Waals surface area contributed by atoms with E-state index in [0.717, 1.165) is 24.8 Å². The topological polar surface area (TPSA) is 58.4 Å². The minimum Gasteiger partial charge on any atom is -0.335 e. The van der Waals surface area contributed by atoms with Gasteiger partial charge in [-0.25, -0.2) is 9.07 Å². The molecule has 1 fully saturated rings. The third-order valence-electron chi connectivity index (χ3n) is 6.11. The Morgan fingerprint density at radius 3 is 2.48 bits per heavy atom. The Kier molecular flexibility index (Phi) is 7.40. The molecule has 0 bridgehead atoms. The van der Waals surface area contributed by atoms with Gasteiger partial charge in [0.2, 0.25) is 0 Å². The van der Waals surface area contributed by atoms with Crippen LogP contribution in [0.3, 0.4) is 0 Å². The molecular weight excluding hydrogens is 443 g/mol. The molecule has 33 heavy (non-hydrogen) atoms. The highest BCUT2D eigenvalue weighted by Gasteiger charge is 2.26. The van der Waals surface area contributed by atoms with Gasteiger partial charge in [-0.3, -0.25) is 14.5 Å². The number of aromatic nitrogens is 2. The lowest BCUT2D eigenvalue weighted by molar-refractivity contribution is 0.0622. The molecule has 6 nitrogen and oxygen atoms in total. The number of benzene rings is 2. The van der Waals surface area contributed by atoms with Crippen LogP contribution in [0.1, 0.15) is 42.2 Å². The molecule has 3 aromatic rings. The molecule has 1 amide bonds. The van der Waals surface area contributed by atoms with Crippen molar-refractivity contribution in [2.75, 3.05) is 26.2 Å². The summed E-state index contributed by atoms with van der Waals surface area (Å²) < 4.78 is 14.8. The first kappa shape index (κ1) is 23.4. The van der Waals surface area contributed by atoms with Crippen LogP contribution < -0.4 is 5.56 Å². The summed E-state index contributed by atoms with van der Waals surface area (Å²) in [4.78, 5) is 30.3. The normalized spacial score (nSPS) is 14.7.